The molecule has 0 saturated carbocycles. The average Bonchev–Trinajstić information content (AvgIpc) is 2.75. The van der Waals surface area contributed by atoms with Gasteiger partial charge in [0.25, 0.3) is 5.91 Å². The van der Waals surface area contributed by atoms with E-state index in [1.165, 1.54) is 6.26 Å². The summed E-state index contributed by atoms with van der Waals surface area (Å²) in [4.78, 5) is 24.9. The molecule has 0 bridgehead atoms. The lowest BCUT2D eigenvalue weighted by atomic mass is 9.93. The standard InChI is InChI=1S/C12H14BrNO4/c1-7-2-3-8(12(16)17)6-14(7)11(15)10-9(13)4-5-18-10/h4-5,7-8H,2-3,6H2,1H3,(H,16,17). The number of carbonyl (C=O) groups is 2. The Kier molecular flexibility index (Phi) is 3.75. The molecule has 0 spiro atoms. The van der Waals surface area contributed by atoms with Gasteiger partial charge in [0.1, 0.15) is 0 Å². The molecule has 98 valence electrons. The van der Waals surface area contributed by atoms with Gasteiger partial charge in [0.2, 0.25) is 5.76 Å². The van der Waals surface area contributed by atoms with Gasteiger partial charge in [0.05, 0.1) is 16.7 Å². The number of nitrogens with zero attached hydrogens (tertiary/aromatic N) is 1. The Morgan fingerprint density at radius 3 is 2.78 bits per heavy atom. The van der Waals surface area contributed by atoms with Gasteiger partial charge in [-0.05, 0) is 41.8 Å². The normalized spacial score (nSPS) is 24.0. The Balaban J connectivity index is 2.18. The Labute approximate surface area is 113 Å². The third-order valence-corrected chi connectivity index (χ3v) is 3.93. The van der Waals surface area contributed by atoms with E-state index in [4.69, 9.17) is 9.52 Å². The summed E-state index contributed by atoms with van der Waals surface area (Å²) in [7, 11) is 0. The monoisotopic (exact) mass is 315 g/mol. The predicted molar refractivity (Wildman–Crippen MR) is 67.3 cm³/mol. The molecule has 2 atom stereocenters. The summed E-state index contributed by atoms with van der Waals surface area (Å²) in [6, 6.07) is 1.68. The molecule has 18 heavy (non-hydrogen) atoms. The minimum Gasteiger partial charge on any atom is -0.481 e. The summed E-state index contributed by atoms with van der Waals surface area (Å²) in [6.07, 6.45) is 2.74. The molecule has 1 saturated heterocycles. The molecule has 0 aliphatic carbocycles. The van der Waals surface area contributed by atoms with Crippen LogP contribution in [0.3, 0.4) is 0 Å². The van der Waals surface area contributed by atoms with E-state index in [-0.39, 0.29) is 24.3 Å². The molecule has 1 aliphatic rings. The Morgan fingerprint density at radius 2 is 2.22 bits per heavy atom. The van der Waals surface area contributed by atoms with Gasteiger partial charge in [-0.25, -0.2) is 0 Å². The van der Waals surface area contributed by atoms with Crippen molar-refractivity contribution in [2.75, 3.05) is 6.54 Å². The summed E-state index contributed by atoms with van der Waals surface area (Å²) in [5.41, 5.74) is 0. The number of furan rings is 1. The zero-order valence-electron chi connectivity index (χ0n) is 9.93. The van der Waals surface area contributed by atoms with Crippen LogP contribution in [-0.2, 0) is 4.79 Å². The number of carboxylic acid groups (broad SMARTS) is 1. The Hall–Kier alpha value is -1.30. The van der Waals surface area contributed by atoms with E-state index in [2.05, 4.69) is 15.9 Å². The molecular weight excluding hydrogens is 302 g/mol. The number of carboxylic acids is 1. The number of carbonyl (C=O) groups excluding carboxylic acids is 1. The third kappa shape index (κ3) is 2.43. The van der Waals surface area contributed by atoms with Crippen molar-refractivity contribution in [3.8, 4) is 0 Å². The van der Waals surface area contributed by atoms with Crippen molar-refractivity contribution < 1.29 is 19.1 Å². The van der Waals surface area contributed by atoms with Crippen LogP contribution in [0.25, 0.3) is 0 Å². The number of rotatable bonds is 2. The Morgan fingerprint density at radius 1 is 1.50 bits per heavy atom. The maximum absolute atomic E-state index is 12.3. The van der Waals surface area contributed by atoms with Gasteiger partial charge in [0, 0.05) is 12.6 Å². The zero-order valence-corrected chi connectivity index (χ0v) is 11.5. The lowest BCUT2D eigenvalue weighted by Crippen LogP contribution is -2.47. The highest BCUT2D eigenvalue weighted by Gasteiger charge is 2.34. The fraction of sp³-hybridized carbons (Fsp3) is 0.500. The number of aliphatic carboxylic acids is 1. The van der Waals surface area contributed by atoms with E-state index in [9.17, 15) is 9.59 Å². The van der Waals surface area contributed by atoms with Crippen molar-refractivity contribution in [3.63, 3.8) is 0 Å². The highest BCUT2D eigenvalue weighted by atomic mass is 79.9. The third-order valence-electron chi connectivity index (χ3n) is 3.30. The molecule has 2 heterocycles. The van der Waals surface area contributed by atoms with E-state index in [0.717, 1.165) is 0 Å². The topological polar surface area (TPSA) is 70.8 Å². The minimum atomic E-state index is -0.849. The quantitative estimate of drug-likeness (QED) is 0.909. The van der Waals surface area contributed by atoms with Crippen LogP contribution < -0.4 is 0 Å². The summed E-state index contributed by atoms with van der Waals surface area (Å²) < 4.78 is 5.73. The average molecular weight is 316 g/mol. The van der Waals surface area contributed by atoms with Crippen LogP contribution in [0, 0.1) is 5.92 Å². The second kappa shape index (κ2) is 5.14. The number of amides is 1. The number of halogens is 1. The highest BCUT2D eigenvalue weighted by molar-refractivity contribution is 9.10. The summed E-state index contributed by atoms with van der Waals surface area (Å²) in [6.45, 7) is 2.16. The van der Waals surface area contributed by atoms with Gasteiger partial charge >= 0.3 is 5.97 Å². The first kappa shape index (κ1) is 13.1. The summed E-state index contributed by atoms with van der Waals surface area (Å²) in [5, 5.41) is 9.04. The zero-order chi connectivity index (χ0) is 13.3. The summed E-state index contributed by atoms with van der Waals surface area (Å²) in [5.74, 6) is -1.37. The van der Waals surface area contributed by atoms with Crippen molar-refractivity contribution in [1.82, 2.24) is 4.90 Å². The molecule has 1 fully saturated rings. The largest absolute Gasteiger partial charge is 0.481 e. The maximum Gasteiger partial charge on any atom is 0.308 e. The molecule has 0 aromatic carbocycles. The van der Waals surface area contributed by atoms with Gasteiger partial charge < -0.3 is 14.4 Å². The van der Waals surface area contributed by atoms with Gasteiger partial charge in [0.15, 0.2) is 0 Å². The lowest BCUT2D eigenvalue weighted by molar-refractivity contribution is -0.143. The van der Waals surface area contributed by atoms with E-state index < -0.39 is 11.9 Å². The number of hydrogen-bond donors (Lipinski definition) is 1. The fourth-order valence-corrected chi connectivity index (χ4v) is 2.54. The number of likely N-dealkylation sites (tertiary alicyclic amines) is 1. The first-order chi connectivity index (χ1) is 8.50. The SMILES string of the molecule is CC1CCC(C(=O)O)CN1C(=O)c1occc1Br. The molecule has 2 unspecified atom stereocenters. The minimum absolute atomic E-state index is 0.0325. The lowest BCUT2D eigenvalue weighted by Gasteiger charge is -2.36. The number of hydrogen-bond acceptors (Lipinski definition) is 3. The van der Waals surface area contributed by atoms with Crippen LogP contribution in [0.1, 0.15) is 30.3 Å². The van der Waals surface area contributed by atoms with E-state index >= 15 is 0 Å². The van der Waals surface area contributed by atoms with Crippen LogP contribution in [0.5, 0.6) is 0 Å². The second-order valence-corrected chi connectivity index (χ2v) is 5.37. The van der Waals surface area contributed by atoms with Crippen LogP contribution >= 0.6 is 15.9 Å². The molecule has 2 rings (SSSR count). The van der Waals surface area contributed by atoms with Gasteiger partial charge in [-0.3, -0.25) is 9.59 Å². The van der Waals surface area contributed by atoms with E-state index in [1.54, 1.807) is 11.0 Å². The molecule has 1 amide bonds. The molecule has 1 aliphatic heterocycles. The predicted octanol–water partition coefficient (Wildman–Crippen LogP) is 2.37. The molecule has 1 aromatic heterocycles. The van der Waals surface area contributed by atoms with Crippen LogP contribution in [0.15, 0.2) is 21.2 Å². The van der Waals surface area contributed by atoms with E-state index in [0.29, 0.717) is 17.3 Å². The van der Waals surface area contributed by atoms with E-state index in [1.807, 2.05) is 6.92 Å². The van der Waals surface area contributed by atoms with Gasteiger partial charge in [-0.15, -0.1) is 0 Å². The van der Waals surface area contributed by atoms with Crippen molar-refractivity contribution >= 4 is 27.8 Å². The molecule has 0 radical (unpaired) electrons. The molecule has 5 nitrogen and oxygen atoms in total. The van der Waals surface area contributed by atoms with Crippen molar-refractivity contribution in [2.45, 2.75) is 25.8 Å². The van der Waals surface area contributed by atoms with Crippen LogP contribution in [0.2, 0.25) is 0 Å². The number of piperidine rings is 1. The van der Waals surface area contributed by atoms with Crippen molar-refractivity contribution in [1.29, 1.82) is 0 Å². The van der Waals surface area contributed by atoms with Crippen molar-refractivity contribution in [2.24, 2.45) is 5.92 Å². The second-order valence-electron chi connectivity index (χ2n) is 4.52. The smallest absolute Gasteiger partial charge is 0.308 e. The first-order valence-corrected chi connectivity index (χ1v) is 6.56. The highest BCUT2D eigenvalue weighted by Crippen LogP contribution is 2.26. The van der Waals surface area contributed by atoms with Crippen LogP contribution in [-0.4, -0.2) is 34.5 Å². The summed E-state index contributed by atoms with van der Waals surface area (Å²) >= 11 is 3.24. The maximum atomic E-state index is 12.3. The molecule has 1 aromatic rings. The first-order valence-electron chi connectivity index (χ1n) is 5.77. The Bertz CT molecular complexity index is 470. The fourth-order valence-electron chi connectivity index (χ4n) is 2.17. The van der Waals surface area contributed by atoms with Crippen LogP contribution in [0.4, 0.5) is 0 Å². The molecule has 1 N–H and O–H groups in total. The van der Waals surface area contributed by atoms with Crippen molar-refractivity contribution in [3.05, 3.63) is 22.6 Å². The molecule has 6 heteroatoms. The van der Waals surface area contributed by atoms with Gasteiger partial charge in [-0.1, -0.05) is 0 Å². The molecular formula is C12H14BrNO4. The van der Waals surface area contributed by atoms with Gasteiger partial charge in [-0.2, -0.15) is 0 Å².